The van der Waals surface area contributed by atoms with Crippen molar-refractivity contribution in [2.24, 2.45) is 11.8 Å². The van der Waals surface area contributed by atoms with Crippen molar-refractivity contribution in [2.75, 3.05) is 20.1 Å². The molecule has 0 radical (unpaired) electrons. The van der Waals surface area contributed by atoms with Gasteiger partial charge in [-0.15, -0.1) is 5.10 Å². The molecule has 0 aliphatic carbocycles. The number of rotatable bonds is 4. The summed E-state index contributed by atoms with van der Waals surface area (Å²) in [6, 6.07) is 9.69. The van der Waals surface area contributed by atoms with Crippen LogP contribution < -0.4 is 11.0 Å². The minimum Gasteiger partial charge on any atom is -0.360 e. The van der Waals surface area contributed by atoms with Gasteiger partial charge in [-0.2, -0.15) is 0 Å². The van der Waals surface area contributed by atoms with Crippen LogP contribution in [-0.4, -0.2) is 62.7 Å². The lowest BCUT2D eigenvalue weighted by Gasteiger charge is -2.23. The van der Waals surface area contributed by atoms with E-state index in [1.165, 1.54) is 4.68 Å². The molecule has 2 saturated heterocycles. The number of nitrogens with one attached hydrogen (secondary N) is 1. The number of likely N-dealkylation sites (tertiary alicyclic amines) is 1. The molecule has 0 unspecified atom stereocenters. The van der Waals surface area contributed by atoms with Crippen molar-refractivity contribution in [3.05, 3.63) is 58.5 Å². The Kier molecular flexibility index (Phi) is 3.92. The van der Waals surface area contributed by atoms with Gasteiger partial charge in [0.1, 0.15) is 5.60 Å². The average Bonchev–Trinajstić information content (AvgIpc) is 3.48. The van der Waals surface area contributed by atoms with Crippen LogP contribution in [0.15, 0.2) is 47.3 Å². The molecule has 3 aliphatic rings. The summed E-state index contributed by atoms with van der Waals surface area (Å²) in [6.45, 7) is 2.86. The number of para-hydroxylation sites is 1. The molecule has 32 heavy (non-hydrogen) atoms. The molecule has 2 amide bonds. The zero-order valence-corrected chi connectivity index (χ0v) is 17.8. The molecular weight excluding hydrogens is 410 g/mol. The number of aryl methyl sites for hydroxylation is 1. The number of ether oxygens (including phenoxy) is 1. The first-order valence-electron chi connectivity index (χ1n) is 10.8. The van der Waals surface area contributed by atoms with Gasteiger partial charge in [-0.1, -0.05) is 30.4 Å². The van der Waals surface area contributed by atoms with Crippen molar-refractivity contribution in [1.29, 1.82) is 0 Å². The molecule has 2 fully saturated rings. The Hall–Kier alpha value is -3.46. The summed E-state index contributed by atoms with van der Waals surface area (Å²) >= 11 is 0. The maximum absolute atomic E-state index is 13.0. The Morgan fingerprint density at radius 2 is 2.12 bits per heavy atom. The summed E-state index contributed by atoms with van der Waals surface area (Å²) in [5.41, 5.74) is 1.38. The molecule has 1 N–H and O–H groups in total. The quantitative estimate of drug-likeness (QED) is 0.604. The van der Waals surface area contributed by atoms with Gasteiger partial charge in [0.25, 0.3) is 0 Å². The van der Waals surface area contributed by atoms with E-state index in [1.807, 2.05) is 49.4 Å². The van der Waals surface area contributed by atoms with Crippen molar-refractivity contribution >= 4 is 28.4 Å². The van der Waals surface area contributed by atoms with Crippen molar-refractivity contribution in [3.8, 4) is 0 Å². The van der Waals surface area contributed by atoms with Crippen LogP contribution in [0.3, 0.4) is 0 Å². The maximum atomic E-state index is 13.0. The topological polar surface area (TPSA) is 97.9 Å². The van der Waals surface area contributed by atoms with E-state index < -0.39 is 17.4 Å². The summed E-state index contributed by atoms with van der Waals surface area (Å²) in [6.07, 6.45) is 3.42. The van der Waals surface area contributed by atoms with Crippen molar-refractivity contribution in [1.82, 2.24) is 24.4 Å². The number of aromatic nitrogens is 3. The summed E-state index contributed by atoms with van der Waals surface area (Å²) in [5.74, 6) is -1.33. The van der Waals surface area contributed by atoms with Crippen LogP contribution in [0.4, 0.5) is 0 Å². The highest BCUT2D eigenvalue weighted by molar-refractivity contribution is 5.92. The summed E-state index contributed by atoms with van der Waals surface area (Å²) in [7, 11) is 1.73. The third-order valence-electron chi connectivity index (χ3n) is 6.96. The Morgan fingerprint density at radius 3 is 2.97 bits per heavy atom. The molecule has 164 valence electrons. The van der Waals surface area contributed by atoms with E-state index in [1.54, 1.807) is 16.3 Å². The minimum absolute atomic E-state index is 0.0593. The molecule has 6 rings (SSSR count). The molecule has 5 heterocycles. The molecule has 9 heteroatoms. The number of likely N-dealkylation sites (N-methyl/N-ethyl adjacent to an activating group) is 1. The number of hydrogen-bond acceptors (Lipinski definition) is 5. The van der Waals surface area contributed by atoms with Gasteiger partial charge in [0, 0.05) is 13.6 Å². The normalized spacial score (nSPS) is 28.2. The molecule has 3 aliphatic heterocycles. The van der Waals surface area contributed by atoms with Gasteiger partial charge >= 0.3 is 5.69 Å². The van der Waals surface area contributed by atoms with Crippen LogP contribution in [0.5, 0.6) is 0 Å². The first-order chi connectivity index (χ1) is 15.4. The fourth-order valence-corrected chi connectivity index (χ4v) is 5.53. The molecule has 1 aromatic carbocycles. The van der Waals surface area contributed by atoms with Crippen molar-refractivity contribution in [2.45, 2.75) is 25.2 Å². The number of amides is 2. The largest absolute Gasteiger partial charge is 0.360 e. The molecule has 0 saturated carbocycles. The maximum Gasteiger partial charge on any atom is 0.350 e. The fraction of sp³-hybridized carbons (Fsp3) is 0.391. The van der Waals surface area contributed by atoms with E-state index in [-0.39, 0.29) is 36.7 Å². The highest BCUT2D eigenvalue weighted by Gasteiger charge is 2.66. The van der Waals surface area contributed by atoms with Gasteiger partial charge in [-0.05, 0) is 30.0 Å². The fourth-order valence-electron chi connectivity index (χ4n) is 5.53. The van der Waals surface area contributed by atoms with E-state index in [2.05, 4.69) is 10.4 Å². The summed E-state index contributed by atoms with van der Waals surface area (Å²) in [5, 5.41) is 8.35. The zero-order chi connectivity index (χ0) is 22.2. The minimum atomic E-state index is -0.685. The Balaban J connectivity index is 1.22. The molecule has 9 nitrogen and oxygen atoms in total. The third-order valence-corrected chi connectivity index (χ3v) is 6.96. The van der Waals surface area contributed by atoms with Crippen LogP contribution in [0.25, 0.3) is 16.6 Å². The van der Waals surface area contributed by atoms with E-state index in [0.717, 1.165) is 16.5 Å². The van der Waals surface area contributed by atoms with Crippen LogP contribution in [0.1, 0.15) is 5.56 Å². The highest BCUT2D eigenvalue weighted by atomic mass is 16.5. The summed E-state index contributed by atoms with van der Waals surface area (Å²) < 4.78 is 9.02. The van der Waals surface area contributed by atoms with Crippen LogP contribution in [0.2, 0.25) is 0 Å². The number of carbonyl (C=O) groups is 2. The van der Waals surface area contributed by atoms with E-state index in [9.17, 15) is 14.4 Å². The standard InChI is InChI=1S/C23H23N5O4/c1-13-11-14-5-3-4-6-15(14)28-19(13)25-27(22(28)31)10-9-24-20(29)17-16-7-8-23(32-16)12-26(2)21(30)18(17)23/h3-8,11,16-18H,9-10,12H2,1-2H3,(H,24,29)/t16-,17-,18+,23+/m1/s1. The number of pyridine rings is 1. The second kappa shape index (κ2) is 6.52. The van der Waals surface area contributed by atoms with E-state index in [4.69, 9.17) is 4.74 Å². The Labute approximate surface area is 183 Å². The van der Waals surface area contributed by atoms with E-state index in [0.29, 0.717) is 12.2 Å². The lowest BCUT2D eigenvalue weighted by molar-refractivity contribution is -0.136. The summed E-state index contributed by atoms with van der Waals surface area (Å²) in [4.78, 5) is 40.3. The smallest absolute Gasteiger partial charge is 0.350 e. The predicted octanol–water partition coefficient (Wildman–Crippen LogP) is 0.486. The van der Waals surface area contributed by atoms with E-state index >= 15 is 0 Å². The average molecular weight is 433 g/mol. The number of fused-ring (bicyclic) bond motifs is 4. The van der Waals surface area contributed by atoms with Crippen molar-refractivity contribution < 1.29 is 14.3 Å². The predicted molar refractivity (Wildman–Crippen MR) is 116 cm³/mol. The molecule has 2 aromatic heterocycles. The number of carbonyl (C=O) groups excluding carboxylic acids is 2. The Bertz CT molecular complexity index is 1390. The molecule has 2 bridgehead atoms. The van der Waals surface area contributed by atoms with Gasteiger partial charge in [-0.3, -0.25) is 9.59 Å². The number of hydrogen-bond donors (Lipinski definition) is 1. The Morgan fingerprint density at radius 1 is 1.31 bits per heavy atom. The number of benzene rings is 1. The van der Waals surface area contributed by atoms with Gasteiger partial charge in [0.2, 0.25) is 11.8 Å². The lowest BCUT2D eigenvalue weighted by Crippen LogP contribution is -2.45. The van der Waals surface area contributed by atoms with Gasteiger partial charge in [0.15, 0.2) is 5.65 Å². The first kappa shape index (κ1) is 19.2. The van der Waals surface area contributed by atoms with Gasteiger partial charge < -0.3 is 15.0 Å². The van der Waals surface area contributed by atoms with Crippen molar-refractivity contribution in [3.63, 3.8) is 0 Å². The van der Waals surface area contributed by atoms with Gasteiger partial charge in [0.05, 0.1) is 36.5 Å². The second-order valence-corrected chi connectivity index (χ2v) is 8.94. The lowest BCUT2D eigenvalue weighted by atomic mass is 9.77. The van der Waals surface area contributed by atoms with Crippen LogP contribution in [0, 0.1) is 18.8 Å². The monoisotopic (exact) mass is 433 g/mol. The third kappa shape index (κ3) is 2.48. The SMILES string of the molecule is Cc1cc2ccccc2n2c(=O)n(CCNC(=O)[C@H]3[C@H]4C(=O)N(C)C[C@@]45C=C[C@H]3O5)nc12. The zero-order valence-electron chi connectivity index (χ0n) is 17.8. The second-order valence-electron chi connectivity index (χ2n) is 8.94. The first-order valence-corrected chi connectivity index (χ1v) is 10.8. The van der Waals surface area contributed by atoms with Gasteiger partial charge in [-0.25, -0.2) is 13.9 Å². The van der Waals surface area contributed by atoms with Crippen LogP contribution >= 0.6 is 0 Å². The highest BCUT2D eigenvalue weighted by Crippen LogP contribution is 2.51. The molecular formula is C23H23N5O4. The molecule has 4 atom stereocenters. The van der Waals surface area contributed by atoms with Crippen LogP contribution in [-0.2, 0) is 20.9 Å². The number of nitrogens with zero attached hydrogens (tertiary/aromatic N) is 4. The molecule has 1 spiro atoms. The molecule has 3 aromatic rings.